The molecule has 33 heavy (non-hydrogen) atoms. The monoisotopic (exact) mass is 446 g/mol. The van der Waals surface area contributed by atoms with Crippen LogP contribution in [-0.2, 0) is 4.79 Å². The lowest BCUT2D eigenvalue weighted by atomic mass is 9.83. The van der Waals surface area contributed by atoms with Gasteiger partial charge in [0, 0.05) is 23.1 Å². The van der Waals surface area contributed by atoms with Gasteiger partial charge in [-0.15, -0.1) is 0 Å². The molecule has 1 aliphatic rings. The number of carbonyl (C=O) groups excluding carboxylic acids is 2. The average Bonchev–Trinajstić information content (AvgIpc) is 2.73. The molecule has 0 bridgehead atoms. The van der Waals surface area contributed by atoms with Crippen molar-refractivity contribution < 1.29 is 28.3 Å². The summed E-state index contributed by atoms with van der Waals surface area (Å²) < 4.78 is 16.5. The Bertz CT molecular complexity index is 1640. The molecule has 2 aromatic heterocycles. The lowest BCUT2D eigenvalue weighted by Gasteiger charge is -2.27. The molecule has 0 aliphatic carbocycles. The Kier molecular flexibility index (Phi) is 4.49. The minimum Gasteiger partial charge on any atom is -0.506 e. The summed E-state index contributed by atoms with van der Waals surface area (Å²) in [4.78, 5) is 50.7. The number of carbonyl (C=O) groups is 2. The van der Waals surface area contributed by atoms with E-state index in [-0.39, 0.29) is 45.3 Å². The average molecular weight is 446 g/mol. The summed E-state index contributed by atoms with van der Waals surface area (Å²) in [5.41, 5.74) is 0.638. The fraction of sp³-hybridized carbons (Fsp3) is 0.200. The Morgan fingerprint density at radius 3 is 2.61 bits per heavy atom. The number of phenols is 1. The summed E-state index contributed by atoms with van der Waals surface area (Å²) in [5.74, 6) is -2.84. The molecule has 166 valence electrons. The Morgan fingerprint density at radius 2 is 1.88 bits per heavy atom. The molecule has 0 saturated carbocycles. The highest BCUT2D eigenvalue weighted by molar-refractivity contribution is 6.09. The number of phenolic OH excluding ortho intramolecular Hbond substituents is 1. The smallest absolute Gasteiger partial charge is 0.336 e. The van der Waals surface area contributed by atoms with E-state index in [1.807, 2.05) is 13.0 Å². The zero-order chi connectivity index (χ0) is 23.6. The Hall–Kier alpha value is -4.20. The van der Waals surface area contributed by atoms with Gasteiger partial charge in [-0.2, -0.15) is 0 Å². The standard InChI is InChI=1S/C25H18O8/c1-10-4-5-16-14(6-10)22(29)15(9-31-16)13-8-18(28)33-25-20(12(3)26)23(30)19-11(2)7-17(27)32-24(19)21(13)25/h4-7,9,13,30H,8H2,1-3H3. The highest BCUT2D eigenvalue weighted by Crippen LogP contribution is 2.49. The normalized spacial score (nSPS) is 15.5. The van der Waals surface area contributed by atoms with Crippen molar-refractivity contribution in [2.24, 2.45) is 0 Å². The summed E-state index contributed by atoms with van der Waals surface area (Å²) in [6.07, 6.45) is 1.02. The minimum atomic E-state index is -0.923. The largest absolute Gasteiger partial charge is 0.506 e. The molecule has 0 fully saturated rings. The Labute approximate surface area is 186 Å². The topological polar surface area (TPSA) is 124 Å². The predicted molar refractivity (Wildman–Crippen MR) is 118 cm³/mol. The fourth-order valence-corrected chi connectivity index (χ4v) is 4.50. The molecule has 8 nitrogen and oxygen atoms in total. The van der Waals surface area contributed by atoms with Crippen LogP contribution in [0.25, 0.3) is 21.9 Å². The molecule has 2 aromatic carbocycles. The van der Waals surface area contributed by atoms with E-state index in [9.17, 15) is 24.3 Å². The van der Waals surface area contributed by atoms with Crippen molar-refractivity contribution in [3.63, 3.8) is 0 Å². The minimum absolute atomic E-state index is 0.0428. The first kappa shape index (κ1) is 20.7. The number of esters is 1. The molecule has 8 heteroatoms. The molecular formula is C25H18O8. The van der Waals surface area contributed by atoms with Crippen molar-refractivity contribution in [2.75, 3.05) is 0 Å². The van der Waals surface area contributed by atoms with E-state index in [2.05, 4.69) is 0 Å². The highest BCUT2D eigenvalue weighted by Gasteiger charge is 2.38. The van der Waals surface area contributed by atoms with Crippen LogP contribution >= 0.6 is 0 Å². The number of hydrogen-bond acceptors (Lipinski definition) is 8. The zero-order valence-corrected chi connectivity index (χ0v) is 18.0. The first-order valence-corrected chi connectivity index (χ1v) is 10.2. The summed E-state index contributed by atoms with van der Waals surface area (Å²) in [7, 11) is 0. The van der Waals surface area contributed by atoms with Crippen LogP contribution in [-0.4, -0.2) is 16.9 Å². The number of ether oxygens (including phenoxy) is 1. The summed E-state index contributed by atoms with van der Waals surface area (Å²) >= 11 is 0. The number of hydrogen-bond donors (Lipinski definition) is 1. The predicted octanol–water partition coefficient (Wildman–Crippen LogP) is 3.87. The molecule has 0 saturated heterocycles. The van der Waals surface area contributed by atoms with Gasteiger partial charge in [0.05, 0.1) is 23.5 Å². The first-order chi connectivity index (χ1) is 15.7. The Balaban J connectivity index is 1.94. The third-order valence-electron chi connectivity index (χ3n) is 5.97. The lowest BCUT2D eigenvalue weighted by molar-refractivity contribution is -0.135. The maximum atomic E-state index is 13.4. The number of aromatic hydroxyl groups is 1. The quantitative estimate of drug-likeness (QED) is 0.213. The maximum Gasteiger partial charge on any atom is 0.336 e. The number of fused-ring (bicyclic) bond motifs is 4. The first-order valence-electron chi connectivity index (χ1n) is 10.2. The molecule has 1 unspecified atom stereocenters. The van der Waals surface area contributed by atoms with Crippen LogP contribution in [0.3, 0.4) is 0 Å². The van der Waals surface area contributed by atoms with Gasteiger partial charge in [-0.1, -0.05) is 11.6 Å². The van der Waals surface area contributed by atoms with Crippen LogP contribution in [0, 0.1) is 13.8 Å². The molecule has 0 spiro atoms. The van der Waals surface area contributed by atoms with Crippen molar-refractivity contribution in [3.8, 4) is 11.5 Å². The van der Waals surface area contributed by atoms with E-state index < -0.39 is 29.0 Å². The molecule has 3 heterocycles. The summed E-state index contributed by atoms with van der Waals surface area (Å²) in [6.45, 7) is 4.65. The van der Waals surface area contributed by atoms with E-state index in [0.717, 1.165) is 5.56 Å². The SMILES string of the molecule is CC(=O)c1c2c(c3oc(=O)cc(C)c3c1O)C(c1coc3ccc(C)cc3c1=O)CC(=O)O2. The van der Waals surface area contributed by atoms with Gasteiger partial charge in [-0.25, -0.2) is 4.79 Å². The van der Waals surface area contributed by atoms with E-state index in [0.29, 0.717) is 16.5 Å². The van der Waals surface area contributed by atoms with Gasteiger partial charge in [-0.3, -0.25) is 14.4 Å². The molecule has 1 atom stereocenters. The third kappa shape index (κ3) is 3.06. The second-order valence-corrected chi connectivity index (χ2v) is 8.23. The van der Waals surface area contributed by atoms with Gasteiger partial charge < -0.3 is 18.7 Å². The van der Waals surface area contributed by atoms with Crippen LogP contribution in [0.2, 0.25) is 0 Å². The van der Waals surface area contributed by atoms with E-state index in [1.54, 1.807) is 19.1 Å². The van der Waals surface area contributed by atoms with E-state index in [1.165, 1.54) is 19.3 Å². The van der Waals surface area contributed by atoms with Gasteiger partial charge in [0.25, 0.3) is 0 Å². The van der Waals surface area contributed by atoms with E-state index in [4.69, 9.17) is 13.6 Å². The number of aryl methyl sites for hydroxylation is 2. The van der Waals surface area contributed by atoms with Gasteiger partial charge >= 0.3 is 11.6 Å². The van der Waals surface area contributed by atoms with Crippen molar-refractivity contribution in [3.05, 3.63) is 79.0 Å². The second kappa shape index (κ2) is 7.16. The number of Topliss-reactive ketones (excluding diaryl/α,β-unsaturated/α-hetero) is 1. The second-order valence-electron chi connectivity index (χ2n) is 8.23. The molecule has 0 radical (unpaired) electrons. The van der Waals surface area contributed by atoms with Crippen molar-refractivity contribution in [1.29, 1.82) is 0 Å². The molecule has 5 rings (SSSR count). The number of benzene rings is 2. The molecule has 1 aliphatic heterocycles. The van der Waals surface area contributed by atoms with Gasteiger partial charge in [0.15, 0.2) is 17.0 Å². The molecular weight excluding hydrogens is 428 g/mol. The summed E-state index contributed by atoms with van der Waals surface area (Å²) in [6, 6.07) is 6.37. The van der Waals surface area contributed by atoms with Crippen LogP contribution in [0.15, 0.2) is 49.0 Å². The molecule has 4 aromatic rings. The zero-order valence-electron chi connectivity index (χ0n) is 18.0. The number of rotatable bonds is 2. The van der Waals surface area contributed by atoms with Gasteiger partial charge in [0.2, 0.25) is 0 Å². The highest BCUT2D eigenvalue weighted by atomic mass is 16.5. The fourth-order valence-electron chi connectivity index (χ4n) is 4.50. The van der Waals surface area contributed by atoms with Crippen molar-refractivity contribution in [2.45, 2.75) is 33.1 Å². The van der Waals surface area contributed by atoms with Gasteiger partial charge in [-0.05, 0) is 38.5 Å². The number of ketones is 1. The van der Waals surface area contributed by atoms with Crippen molar-refractivity contribution in [1.82, 2.24) is 0 Å². The third-order valence-corrected chi connectivity index (χ3v) is 5.97. The van der Waals surface area contributed by atoms with Crippen molar-refractivity contribution >= 4 is 33.7 Å². The maximum absolute atomic E-state index is 13.4. The van der Waals surface area contributed by atoms with Crippen LogP contribution in [0.4, 0.5) is 0 Å². The summed E-state index contributed by atoms with van der Waals surface area (Å²) in [5, 5.41) is 11.3. The van der Waals surface area contributed by atoms with Crippen LogP contribution < -0.4 is 15.8 Å². The van der Waals surface area contributed by atoms with Crippen LogP contribution in [0.5, 0.6) is 11.5 Å². The molecule has 1 N–H and O–H groups in total. The Morgan fingerprint density at radius 1 is 1.12 bits per heavy atom. The molecule has 0 amide bonds. The van der Waals surface area contributed by atoms with Gasteiger partial charge in [0.1, 0.15) is 22.5 Å². The lowest BCUT2D eigenvalue weighted by Crippen LogP contribution is -2.26. The van der Waals surface area contributed by atoms with Crippen LogP contribution in [0.1, 0.15) is 51.9 Å². The van der Waals surface area contributed by atoms with E-state index >= 15 is 0 Å².